The molecule has 1 aliphatic rings. The van der Waals surface area contributed by atoms with Gasteiger partial charge in [0.1, 0.15) is 0 Å². The SMILES string of the molecule is CC[C@H](N)C(=O)NC1CCCCC1C(C)C. The molecule has 0 aromatic rings. The quantitative estimate of drug-likeness (QED) is 0.771. The lowest BCUT2D eigenvalue weighted by Gasteiger charge is -2.35. The van der Waals surface area contributed by atoms with Crippen LogP contribution in [0.4, 0.5) is 0 Å². The Morgan fingerprint density at radius 2 is 2.00 bits per heavy atom. The number of hydrogen-bond donors (Lipinski definition) is 2. The van der Waals surface area contributed by atoms with Crippen LogP contribution in [0.2, 0.25) is 0 Å². The van der Waals surface area contributed by atoms with Crippen LogP contribution in [-0.2, 0) is 4.79 Å². The first kappa shape index (κ1) is 13.5. The third-order valence-electron chi connectivity index (χ3n) is 3.78. The molecule has 1 amide bonds. The monoisotopic (exact) mass is 226 g/mol. The van der Waals surface area contributed by atoms with Gasteiger partial charge in [-0.1, -0.05) is 33.6 Å². The second-order valence-corrected chi connectivity index (χ2v) is 5.32. The lowest BCUT2D eigenvalue weighted by atomic mass is 9.78. The summed E-state index contributed by atoms with van der Waals surface area (Å²) in [6.45, 7) is 6.44. The molecule has 2 unspecified atom stereocenters. The normalized spacial score (nSPS) is 27.8. The first-order valence-electron chi connectivity index (χ1n) is 6.62. The minimum Gasteiger partial charge on any atom is -0.352 e. The number of carbonyl (C=O) groups is 1. The van der Waals surface area contributed by atoms with E-state index >= 15 is 0 Å². The van der Waals surface area contributed by atoms with Crippen molar-refractivity contribution in [3.63, 3.8) is 0 Å². The maximum atomic E-state index is 11.8. The van der Waals surface area contributed by atoms with E-state index in [2.05, 4.69) is 19.2 Å². The second kappa shape index (κ2) is 6.24. The summed E-state index contributed by atoms with van der Waals surface area (Å²) in [6, 6.07) is 0.00795. The van der Waals surface area contributed by atoms with Gasteiger partial charge in [-0.15, -0.1) is 0 Å². The van der Waals surface area contributed by atoms with Crippen LogP contribution >= 0.6 is 0 Å². The van der Waals surface area contributed by atoms with E-state index in [0.717, 1.165) is 6.42 Å². The van der Waals surface area contributed by atoms with Crippen molar-refractivity contribution in [2.24, 2.45) is 17.6 Å². The third-order valence-corrected chi connectivity index (χ3v) is 3.78. The highest BCUT2D eigenvalue weighted by molar-refractivity contribution is 5.81. The lowest BCUT2D eigenvalue weighted by molar-refractivity contribution is -0.123. The molecular weight excluding hydrogens is 200 g/mol. The largest absolute Gasteiger partial charge is 0.352 e. The Kier molecular flexibility index (Phi) is 5.26. The molecule has 94 valence electrons. The Balaban J connectivity index is 2.52. The van der Waals surface area contributed by atoms with Crippen molar-refractivity contribution >= 4 is 5.91 Å². The van der Waals surface area contributed by atoms with Crippen LogP contribution in [0.25, 0.3) is 0 Å². The van der Waals surface area contributed by atoms with Gasteiger partial charge in [0.05, 0.1) is 6.04 Å². The zero-order valence-corrected chi connectivity index (χ0v) is 10.8. The Labute approximate surface area is 99.2 Å². The van der Waals surface area contributed by atoms with Gasteiger partial charge in [0.2, 0.25) is 5.91 Å². The summed E-state index contributed by atoms with van der Waals surface area (Å²) in [4.78, 5) is 11.8. The molecule has 0 bridgehead atoms. The van der Waals surface area contributed by atoms with Gasteiger partial charge in [-0.25, -0.2) is 0 Å². The number of nitrogens with two attached hydrogens (primary N) is 1. The molecule has 0 aromatic carbocycles. The van der Waals surface area contributed by atoms with Crippen LogP contribution in [0.3, 0.4) is 0 Å². The smallest absolute Gasteiger partial charge is 0.237 e. The molecule has 0 radical (unpaired) electrons. The molecule has 3 N–H and O–H groups in total. The number of nitrogens with one attached hydrogen (secondary N) is 1. The molecule has 3 heteroatoms. The highest BCUT2D eigenvalue weighted by atomic mass is 16.2. The van der Waals surface area contributed by atoms with E-state index in [0.29, 0.717) is 24.3 Å². The molecule has 16 heavy (non-hydrogen) atoms. The summed E-state index contributed by atoms with van der Waals surface area (Å²) < 4.78 is 0. The molecule has 1 rings (SSSR count). The van der Waals surface area contributed by atoms with Gasteiger partial charge in [-0.05, 0) is 31.1 Å². The minimum atomic E-state index is -0.338. The van der Waals surface area contributed by atoms with Gasteiger partial charge in [0, 0.05) is 6.04 Å². The summed E-state index contributed by atoms with van der Waals surface area (Å²) in [7, 11) is 0. The van der Waals surface area contributed by atoms with Crippen LogP contribution in [-0.4, -0.2) is 18.0 Å². The summed E-state index contributed by atoms with van der Waals surface area (Å²) in [6.07, 6.45) is 5.60. The van der Waals surface area contributed by atoms with Gasteiger partial charge in [0.25, 0.3) is 0 Å². The van der Waals surface area contributed by atoms with E-state index in [-0.39, 0.29) is 11.9 Å². The topological polar surface area (TPSA) is 55.1 Å². The van der Waals surface area contributed by atoms with Crippen molar-refractivity contribution in [3.8, 4) is 0 Å². The predicted molar refractivity (Wildman–Crippen MR) is 67.0 cm³/mol. The van der Waals surface area contributed by atoms with Gasteiger partial charge in [-0.3, -0.25) is 4.79 Å². The molecular formula is C13H26N2O. The number of carbonyl (C=O) groups excluding carboxylic acids is 1. The third kappa shape index (κ3) is 3.48. The molecule has 1 saturated carbocycles. The van der Waals surface area contributed by atoms with E-state index in [1.54, 1.807) is 0 Å². The average Bonchev–Trinajstić information content (AvgIpc) is 2.28. The summed E-state index contributed by atoms with van der Waals surface area (Å²) >= 11 is 0. The van der Waals surface area contributed by atoms with E-state index in [4.69, 9.17) is 5.73 Å². The summed E-state index contributed by atoms with van der Waals surface area (Å²) in [5.41, 5.74) is 5.74. The Morgan fingerprint density at radius 1 is 1.38 bits per heavy atom. The van der Waals surface area contributed by atoms with Gasteiger partial charge in [0.15, 0.2) is 0 Å². The van der Waals surface area contributed by atoms with Crippen LogP contribution in [0.5, 0.6) is 0 Å². The molecule has 0 heterocycles. The Bertz CT molecular complexity index is 228. The molecule has 3 nitrogen and oxygen atoms in total. The fraction of sp³-hybridized carbons (Fsp3) is 0.923. The van der Waals surface area contributed by atoms with Crippen molar-refractivity contribution in [1.82, 2.24) is 5.32 Å². The van der Waals surface area contributed by atoms with Crippen molar-refractivity contribution in [1.29, 1.82) is 0 Å². The Morgan fingerprint density at radius 3 is 2.56 bits per heavy atom. The molecule has 0 saturated heterocycles. The predicted octanol–water partition coefficient (Wildman–Crippen LogP) is 2.05. The van der Waals surface area contributed by atoms with Crippen molar-refractivity contribution < 1.29 is 4.79 Å². The zero-order chi connectivity index (χ0) is 12.1. The van der Waals surface area contributed by atoms with E-state index in [1.165, 1.54) is 19.3 Å². The number of amides is 1. The van der Waals surface area contributed by atoms with Crippen LogP contribution in [0.15, 0.2) is 0 Å². The standard InChI is InChI=1S/C13H26N2O/c1-4-11(14)13(16)15-12-8-6-5-7-10(12)9(2)3/h9-12H,4-8,14H2,1-3H3,(H,15,16)/t10?,11-,12?/m0/s1. The summed E-state index contributed by atoms with van der Waals surface area (Å²) in [5.74, 6) is 1.30. The van der Waals surface area contributed by atoms with Crippen LogP contribution in [0, 0.1) is 11.8 Å². The first-order valence-corrected chi connectivity index (χ1v) is 6.62. The van der Waals surface area contributed by atoms with Crippen molar-refractivity contribution in [2.45, 2.75) is 65.0 Å². The highest BCUT2D eigenvalue weighted by Gasteiger charge is 2.29. The molecule has 0 aromatic heterocycles. The van der Waals surface area contributed by atoms with E-state index in [1.807, 2.05) is 6.92 Å². The molecule has 1 fully saturated rings. The number of rotatable bonds is 4. The maximum absolute atomic E-state index is 11.8. The molecule has 0 spiro atoms. The summed E-state index contributed by atoms with van der Waals surface area (Å²) in [5, 5.41) is 3.14. The van der Waals surface area contributed by atoms with Crippen molar-refractivity contribution in [2.75, 3.05) is 0 Å². The van der Waals surface area contributed by atoms with Crippen LogP contribution in [0.1, 0.15) is 52.9 Å². The number of hydrogen-bond acceptors (Lipinski definition) is 2. The molecule has 3 atom stereocenters. The Hall–Kier alpha value is -0.570. The zero-order valence-electron chi connectivity index (χ0n) is 10.8. The van der Waals surface area contributed by atoms with Gasteiger partial charge < -0.3 is 11.1 Å². The maximum Gasteiger partial charge on any atom is 0.237 e. The van der Waals surface area contributed by atoms with Gasteiger partial charge >= 0.3 is 0 Å². The fourth-order valence-corrected chi connectivity index (χ4v) is 2.61. The van der Waals surface area contributed by atoms with Crippen LogP contribution < -0.4 is 11.1 Å². The van der Waals surface area contributed by atoms with E-state index < -0.39 is 0 Å². The highest BCUT2D eigenvalue weighted by Crippen LogP contribution is 2.30. The fourth-order valence-electron chi connectivity index (χ4n) is 2.61. The molecule has 0 aliphatic heterocycles. The lowest BCUT2D eigenvalue weighted by Crippen LogP contribution is -2.49. The molecule has 1 aliphatic carbocycles. The first-order chi connectivity index (χ1) is 7.56. The van der Waals surface area contributed by atoms with Gasteiger partial charge in [-0.2, -0.15) is 0 Å². The second-order valence-electron chi connectivity index (χ2n) is 5.32. The average molecular weight is 226 g/mol. The minimum absolute atomic E-state index is 0.0278. The van der Waals surface area contributed by atoms with E-state index in [9.17, 15) is 4.79 Å². The van der Waals surface area contributed by atoms with Crippen molar-refractivity contribution in [3.05, 3.63) is 0 Å².